The van der Waals surface area contributed by atoms with Crippen LogP contribution in [0.15, 0.2) is 71.3 Å². The number of nitrogens with one attached hydrogen (secondary N) is 2. The molecule has 2 aromatic carbocycles. The standard InChI is InChI=1S/C23H24ClN3O5S/c1-33(30,31)27(18-12-10-17(24)11-13-18)14-4-9-22(28)26-21-8-3-2-7-20(21)23(29)25-16-19-6-5-15-32-19/h2-3,5-8,10-13,15H,4,9,14,16H2,1H3,(H,25,29)(H,26,28). The summed E-state index contributed by atoms with van der Waals surface area (Å²) in [4.78, 5) is 25.1. The third kappa shape index (κ3) is 7.10. The zero-order chi connectivity index (χ0) is 23.8. The van der Waals surface area contributed by atoms with Gasteiger partial charge in [0.1, 0.15) is 5.76 Å². The second kappa shape index (κ2) is 11.0. The van der Waals surface area contributed by atoms with E-state index in [0.29, 0.717) is 27.7 Å². The number of benzene rings is 2. The normalized spacial score (nSPS) is 11.1. The maximum atomic E-state index is 12.5. The number of para-hydroxylation sites is 1. The van der Waals surface area contributed by atoms with Crippen molar-refractivity contribution in [2.24, 2.45) is 0 Å². The first-order valence-corrected chi connectivity index (χ1v) is 12.4. The van der Waals surface area contributed by atoms with Crippen LogP contribution < -0.4 is 14.9 Å². The predicted octanol–water partition coefficient (Wildman–Crippen LogP) is 4.05. The summed E-state index contributed by atoms with van der Waals surface area (Å²) in [5.41, 5.74) is 1.16. The molecule has 0 atom stereocenters. The Kier molecular flexibility index (Phi) is 8.13. The first-order chi connectivity index (χ1) is 15.7. The molecule has 0 aliphatic heterocycles. The molecule has 0 unspecified atom stereocenters. The van der Waals surface area contributed by atoms with Gasteiger partial charge < -0.3 is 15.1 Å². The molecule has 2 N–H and O–H groups in total. The summed E-state index contributed by atoms with van der Waals surface area (Å²) in [5.74, 6) is -0.0693. The molecule has 8 nitrogen and oxygen atoms in total. The van der Waals surface area contributed by atoms with Crippen LogP contribution in [0.5, 0.6) is 0 Å². The molecule has 10 heteroatoms. The summed E-state index contributed by atoms with van der Waals surface area (Å²) in [6.45, 7) is 0.347. The number of sulfonamides is 1. The fourth-order valence-corrected chi connectivity index (χ4v) is 4.25. The number of halogens is 1. The monoisotopic (exact) mass is 489 g/mol. The summed E-state index contributed by atoms with van der Waals surface area (Å²) in [7, 11) is -3.53. The smallest absolute Gasteiger partial charge is 0.253 e. The molecule has 174 valence electrons. The number of furan rings is 1. The predicted molar refractivity (Wildman–Crippen MR) is 128 cm³/mol. The van der Waals surface area contributed by atoms with Crippen LogP contribution in [0, 0.1) is 0 Å². The van der Waals surface area contributed by atoms with Crippen LogP contribution in [0.1, 0.15) is 29.0 Å². The van der Waals surface area contributed by atoms with E-state index in [4.69, 9.17) is 16.0 Å². The Morgan fingerprint density at radius 1 is 1.03 bits per heavy atom. The van der Waals surface area contributed by atoms with Crippen LogP contribution in [0.4, 0.5) is 11.4 Å². The summed E-state index contributed by atoms with van der Waals surface area (Å²) in [5, 5.41) is 5.98. The molecule has 1 aromatic heterocycles. The van der Waals surface area contributed by atoms with Crippen LogP contribution in [-0.4, -0.2) is 33.0 Å². The van der Waals surface area contributed by atoms with Crippen molar-refractivity contribution >= 4 is 44.8 Å². The fraction of sp³-hybridized carbons (Fsp3) is 0.217. The van der Waals surface area contributed by atoms with Gasteiger partial charge in [0.2, 0.25) is 15.9 Å². The Bertz CT molecular complexity index is 1200. The highest BCUT2D eigenvalue weighted by Crippen LogP contribution is 2.21. The average Bonchev–Trinajstić information content (AvgIpc) is 3.29. The Morgan fingerprint density at radius 2 is 1.76 bits per heavy atom. The maximum absolute atomic E-state index is 12.5. The van der Waals surface area contributed by atoms with E-state index in [1.165, 1.54) is 10.6 Å². The first kappa shape index (κ1) is 24.3. The van der Waals surface area contributed by atoms with Gasteiger partial charge in [0.25, 0.3) is 5.91 Å². The van der Waals surface area contributed by atoms with Crippen molar-refractivity contribution in [2.75, 3.05) is 22.4 Å². The average molecular weight is 490 g/mol. The lowest BCUT2D eigenvalue weighted by atomic mass is 10.1. The molecule has 33 heavy (non-hydrogen) atoms. The lowest BCUT2D eigenvalue weighted by Gasteiger charge is -2.22. The first-order valence-electron chi connectivity index (χ1n) is 10.2. The van der Waals surface area contributed by atoms with E-state index < -0.39 is 10.0 Å². The van der Waals surface area contributed by atoms with Crippen LogP contribution >= 0.6 is 11.6 Å². The van der Waals surface area contributed by atoms with Crippen molar-refractivity contribution < 1.29 is 22.4 Å². The molecule has 0 bridgehead atoms. The Labute approximate surface area is 197 Å². The summed E-state index contributed by atoms with van der Waals surface area (Å²) >= 11 is 5.88. The van der Waals surface area contributed by atoms with E-state index >= 15 is 0 Å². The molecule has 1 heterocycles. The summed E-state index contributed by atoms with van der Waals surface area (Å²) in [6.07, 6.45) is 2.99. The molecule has 0 radical (unpaired) electrons. The number of anilines is 2. The van der Waals surface area contributed by atoms with Crippen LogP contribution in [0.25, 0.3) is 0 Å². The number of hydrogen-bond donors (Lipinski definition) is 2. The molecule has 0 spiro atoms. The molecule has 0 aliphatic rings. The second-order valence-corrected chi connectivity index (χ2v) is 9.61. The van der Waals surface area contributed by atoms with E-state index in [0.717, 1.165) is 6.26 Å². The van der Waals surface area contributed by atoms with Crippen molar-refractivity contribution in [3.63, 3.8) is 0 Å². The van der Waals surface area contributed by atoms with E-state index in [-0.39, 0.29) is 37.7 Å². The number of carbonyl (C=O) groups is 2. The van der Waals surface area contributed by atoms with Crippen LogP contribution in [-0.2, 0) is 21.4 Å². The van der Waals surface area contributed by atoms with Gasteiger partial charge in [0.15, 0.2) is 0 Å². The summed E-state index contributed by atoms with van der Waals surface area (Å²) in [6, 6.07) is 16.6. The van der Waals surface area contributed by atoms with E-state index in [1.807, 2.05) is 0 Å². The lowest BCUT2D eigenvalue weighted by molar-refractivity contribution is -0.116. The number of hydrogen-bond acceptors (Lipinski definition) is 5. The van der Waals surface area contributed by atoms with Crippen molar-refractivity contribution in [3.05, 3.63) is 83.3 Å². The molecule has 0 aliphatic carbocycles. The van der Waals surface area contributed by atoms with Gasteiger partial charge in [-0.25, -0.2) is 8.42 Å². The SMILES string of the molecule is CS(=O)(=O)N(CCCC(=O)Nc1ccccc1C(=O)NCc1ccco1)c1ccc(Cl)cc1. The Morgan fingerprint density at radius 3 is 2.42 bits per heavy atom. The molecule has 0 fully saturated rings. The Hall–Kier alpha value is -3.30. The minimum absolute atomic E-state index is 0.0714. The number of nitrogens with zero attached hydrogens (tertiary/aromatic N) is 1. The fourth-order valence-electron chi connectivity index (χ4n) is 3.16. The van der Waals surface area contributed by atoms with Gasteiger partial charge in [-0.1, -0.05) is 23.7 Å². The van der Waals surface area contributed by atoms with Crippen LogP contribution in [0.3, 0.4) is 0 Å². The topological polar surface area (TPSA) is 109 Å². The number of rotatable bonds is 10. The Balaban J connectivity index is 1.58. The maximum Gasteiger partial charge on any atom is 0.253 e. The molecule has 0 saturated heterocycles. The van der Waals surface area contributed by atoms with E-state index in [1.54, 1.807) is 60.7 Å². The van der Waals surface area contributed by atoms with Crippen molar-refractivity contribution in [1.82, 2.24) is 5.32 Å². The van der Waals surface area contributed by atoms with Crippen molar-refractivity contribution in [2.45, 2.75) is 19.4 Å². The third-order valence-corrected chi connectivity index (χ3v) is 6.18. The van der Waals surface area contributed by atoms with Gasteiger partial charge in [-0.3, -0.25) is 13.9 Å². The van der Waals surface area contributed by atoms with Crippen molar-refractivity contribution in [3.8, 4) is 0 Å². The molecular formula is C23H24ClN3O5S. The third-order valence-electron chi connectivity index (χ3n) is 4.73. The highest BCUT2D eigenvalue weighted by Gasteiger charge is 2.18. The molecule has 3 rings (SSSR count). The zero-order valence-electron chi connectivity index (χ0n) is 18.0. The quantitative estimate of drug-likeness (QED) is 0.446. The molecule has 3 aromatic rings. The van der Waals surface area contributed by atoms with Crippen LogP contribution in [0.2, 0.25) is 5.02 Å². The van der Waals surface area contributed by atoms with Gasteiger partial charge in [0.05, 0.1) is 36.0 Å². The van der Waals surface area contributed by atoms with Crippen molar-refractivity contribution in [1.29, 1.82) is 0 Å². The zero-order valence-corrected chi connectivity index (χ0v) is 19.5. The minimum Gasteiger partial charge on any atom is -0.467 e. The van der Waals surface area contributed by atoms with Gasteiger partial charge in [-0.05, 0) is 55.0 Å². The number of amides is 2. The highest BCUT2D eigenvalue weighted by molar-refractivity contribution is 7.92. The number of carbonyl (C=O) groups excluding carboxylic acids is 2. The molecule has 2 amide bonds. The molecule has 0 saturated carbocycles. The lowest BCUT2D eigenvalue weighted by Crippen LogP contribution is -2.31. The van der Waals surface area contributed by atoms with Gasteiger partial charge in [-0.15, -0.1) is 0 Å². The van der Waals surface area contributed by atoms with E-state index in [9.17, 15) is 18.0 Å². The van der Waals surface area contributed by atoms with Gasteiger partial charge >= 0.3 is 0 Å². The molecular weight excluding hydrogens is 466 g/mol. The minimum atomic E-state index is -3.53. The van der Waals surface area contributed by atoms with E-state index in [2.05, 4.69) is 10.6 Å². The van der Waals surface area contributed by atoms with Gasteiger partial charge in [0, 0.05) is 18.0 Å². The summed E-state index contributed by atoms with van der Waals surface area (Å²) < 4.78 is 30.8. The van der Waals surface area contributed by atoms with Gasteiger partial charge in [-0.2, -0.15) is 0 Å². The highest BCUT2D eigenvalue weighted by atomic mass is 35.5. The largest absolute Gasteiger partial charge is 0.467 e. The second-order valence-electron chi connectivity index (χ2n) is 7.27.